The van der Waals surface area contributed by atoms with E-state index in [-0.39, 0.29) is 5.41 Å². The topological polar surface area (TPSA) is 87.3 Å². The summed E-state index contributed by atoms with van der Waals surface area (Å²) >= 11 is 6.59. The number of nitrogens with zero attached hydrogens (tertiary/aromatic N) is 3. The number of carbonyl (C=O) groups excluding carboxylic acids is 1. The summed E-state index contributed by atoms with van der Waals surface area (Å²) in [5, 5.41) is 4.78. The lowest BCUT2D eigenvalue weighted by Crippen LogP contribution is -2.41. The fourth-order valence-corrected chi connectivity index (χ4v) is 6.05. The van der Waals surface area contributed by atoms with Crippen LogP contribution in [0, 0.1) is 0 Å². The van der Waals surface area contributed by atoms with Crippen molar-refractivity contribution >= 4 is 17.4 Å². The molecule has 2 spiro atoms. The quantitative estimate of drug-likeness (QED) is 0.639. The number of aromatic nitrogens is 3. The molecule has 1 saturated carbocycles. The van der Waals surface area contributed by atoms with Gasteiger partial charge in [0.2, 0.25) is 0 Å². The number of hydrogen-bond acceptors (Lipinski definition) is 7. The van der Waals surface area contributed by atoms with Gasteiger partial charge in [-0.15, -0.1) is 0 Å². The van der Waals surface area contributed by atoms with E-state index in [0.29, 0.717) is 55.3 Å². The third kappa shape index (κ3) is 2.58. The zero-order chi connectivity index (χ0) is 20.3. The molecule has 30 heavy (non-hydrogen) atoms. The molecule has 2 atom stereocenters. The molecule has 2 aliphatic heterocycles. The van der Waals surface area contributed by atoms with Crippen LogP contribution in [0.2, 0.25) is 5.15 Å². The molecule has 0 aromatic carbocycles. The normalized spacial score (nSPS) is 30.6. The minimum Gasteiger partial charge on any atom is -0.380 e. The van der Waals surface area contributed by atoms with E-state index >= 15 is 0 Å². The summed E-state index contributed by atoms with van der Waals surface area (Å²) in [5.41, 5.74) is 2.58. The van der Waals surface area contributed by atoms with Crippen LogP contribution < -0.4 is 0 Å². The average Bonchev–Trinajstić information content (AvgIpc) is 3.40. The van der Waals surface area contributed by atoms with Crippen LogP contribution in [-0.4, -0.2) is 40.7 Å². The Kier molecular flexibility index (Phi) is 4.31. The van der Waals surface area contributed by atoms with Crippen LogP contribution in [0.25, 0.3) is 11.5 Å². The maximum absolute atomic E-state index is 12.9. The Labute approximate surface area is 179 Å². The Morgan fingerprint density at radius 2 is 1.80 bits per heavy atom. The van der Waals surface area contributed by atoms with Gasteiger partial charge in [-0.3, -0.25) is 4.79 Å². The summed E-state index contributed by atoms with van der Waals surface area (Å²) in [7, 11) is 0. The first-order chi connectivity index (χ1) is 14.6. The van der Waals surface area contributed by atoms with Crippen LogP contribution in [0.3, 0.4) is 0 Å². The molecule has 8 heteroatoms. The molecule has 2 aliphatic carbocycles. The van der Waals surface area contributed by atoms with E-state index in [1.165, 1.54) is 0 Å². The molecule has 2 aromatic heterocycles. The van der Waals surface area contributed by atoms with Crippen LogP contribution in [-0.2, 0) is 38.1 Å². The van der Waals surface area contributed by atoms with Gasteiger partial charge in [0.1, 0.15) is 10.9 Å². The summed E-state index contributed by atoms with van der Waals surface area (Å²) in [6, 6.07) is 0. The first-order valence-electron chi connectivity index (χ1n) is 10.9. The molecule has 158 valence electrons. The van der Waals surface area contributed by atoms with Gasteiger partial charge in [-0.1, -0.05) is 23.2 Å². The van der Waals surface area contributed by atoms with Gasteiger partial charge in [-0.25, -0.2) is 9.97 Å². The maximum Gasteiger partial charge on any atom is 0.183 e. The second kappa shape index (κ2) is 6.84. The van der Waals surface area contributed by atoms with Gasteiger partial charge in [-0.05, 0) is 38.5 Å². The van der Waals surface area contributed by atoms with E-state index < -0.39 is 5.41 Å². The van der Waals surface area contributed by atoms with Gasteiger partial charge in [0, 0.05) is 24.2 Å². The lowest BCUT2D eigenvalue weighted by atomic mass is 9.64. The highest BCUT2D eigenvalue weighted by Crippen LogP contribution is 2.48. The minimum absolute atomic E-state index is 0.279. The Hall–Kier alpha value is -1.83. The third-order valence-corrected chi connectivity index (χ3v) is 7.76. The number of ketones is 1. The van der Waals surface area contributed by atoms with Crippen molar-refractivity contribution in [1.82, 2.24) is 15.1 Å². The lowest BCUT2D eigenvalue weighted by molar-refractivity contribution is -0.128. The van der Waals surface area contributed by atoms with Crippen LogP contribution >= 0.6 is 11.6 Å². The molecule has 2 aromatic rings. The van der Waals surface area contributed by atoms with E-state index in [0.717, 1.165) is 67.5 Å². The number of Topliss-reactive ketones (excluding diaryl/α,β-unsaturated/α-hetero) is 1. The van der Waals surface area contributed by atoms with E-state index in [9.17, 15) is 4.79 Å². The molecule has 6 rings (SSSR count). The Morgan fingerprint density at radius 1 is 0.933 bits per heavy atom. The highest BCUT2D eigenvalue weighted by Gasteiger charge is 2.49. The van der Waals surface area contributed by atoms with Crippen LogP contribution in [0.5, 0.6) is 0 Å². The number of halogens is 1. The third-order valence-electron chi connectivity index (χ3n) is 7.44. The van der Waals surface area contributed by atoms with Crippen LogP contribution in [0.1, 0.15) is 67.5 Å². The van der Waals surface area contributed by atoms with Crippen LogP contribution in [0.15, 0.2) is 4.52 Å². The molecule has 2 fully saturated rings. The molecular formula is C22H24ClN3O4. The zero-order valence-corrected chi connectivity index (χ0v) is 17.6. The summed E-state index contributed by atoms with van der Waals surface area (Å²) in [6.45, 7) is 2.23. The smallest absolute Gasteiger partial charge is 0.183 e. The second-order valence-electron chi connectivity index (χ2n) is 9.15. The predicted molar refractivity (Wildman–Crippen MR) is 107 cm³/mol. The second-order valence-corrected chi connectivity index (χ2v) is 9.50. The Bertz CT molecular complexity index is 1030. The first kappa shape index (κ1) is 18.9. The summed E-state index contributed by atoms with van der Waals surface area (Å²) in [6.07, 6.45) is 6.93. The zero-order valence-electron chi connectivity index (χ0n) is 16.8. The molecule has 0 unspecified atom stereocenters. The minimum atomic E-state index is -0.510. The van der Waals surface area contributed by atoms with Gasteiger partial charge in [0.15, 0.2) is 17.3 Å². The number of rotatable bonds is 1. The van der Waals surface area contributed by atoms with E-state index in [2.05, 4.69) is 10.1 Å². The summed E-state index contributed by atoms with van der Waals surface area (Å²) in [4.78, 5) is 22.4. The standard InChI is InChI=1S/C22H24ClN3O4/c23-19-14-10-29-12-21(8-9-28-11-21)17(14)24-20(25-19)16-13-4-3-7-22(18(13)30-26-16)6-2-1-5-15(22)27/h1-12H2/t21-,22-/m1/s1. The molecule has 0 bridgehead atoms. The molecule has 4 heterocycles. The fraction of sp³-hybridized carbons (Fsp3) is 0.636. The monoisotopic (exact) mass is 429 g/mol. The van der Waals surface area contributed by atoms with Crippen molar-refractivity contribution in [2.75, 3.05) is 19.8 Å². The number of hydrogen-bond donors (Lipinski definition) is 0. The summed E-state index contributed by atoms with van der Waals surface area (Å²) in [5.74, 6) is 1.52. The van der Waals surface area contributed by atoms with Gasteiger partial charge in [0.25, 0.3) is 0 Å². The van der Waals surface area contributed by atoms with E-state index in [1.54, 1.807) is 0 Å². The van der Waals surface area contributed by atoms with Crippen molar-refractivity contribution in [3.05, 3.63) is 27.7 Å². The fourth-order valence-electron chi connectivity index (χ4n) is 5.82. The van der Waals surface area contributed by atoms with Crippen LogP contribution in [0.4, 0.5) is 0 Å². The average molecular weight is 430 g/mol. The molecule has 0 radical (unpaired) electrons. The van der Waals surface area contributed by atoms with Gasteiger partial charge < -0.3 is 14.0 Å². The largest absolute Gasteiger partial charge is 0.380 e. The van der Waals surface area contributed by atoms with Crippen molar-refractivity contribution in [3.63, 3.8) is 0 Å². The van der Waals surface area contributed by atoms with E-state index in [4.69, 9.17) is 30.6 Å². The van der Waals surface area contributed by atoms with Crippen molar-refractivity contribution in [2.45, 2.75) is 68.8 Å². The van der Waals surface area contributed by atoms with Crippen molar-refractivity contribution < 1.29 is 18.8 Å². The first-order valence-corrected chi connectivity index (χ1v) is 11.3. The molecule has 1 saturated heterocycles. The number of carbonyl (C=O) groups is 1. The Balaban J connectivity index is 1.48. The predicted octanol–water partition coefficient (Wildman–Crippen LogP) is 3.69. The molecule has 4 aliphatic rings. The summed E-state index contributed by atoms with van der Waals surface area (Å²) < 4.78 is 17.4. The maximum atomic E-state index is 12.9. The SMILES string of the molecule is O=C1CCCC[C@@]12CCCc1c(-c3nc(Cl)c4c(n3)[C@@]3(CCOC3)COC4)noc12. The lowest BCUT2D eigenvalue weighted by Gasteiger charge is -2.36. The Morgan fingerprint density at radius 3 is 2.63 bits per heavy atom. The highest BCUT2D eigenvalue weighted by atomic mass is 35.5. The van der Waals surface area contributed by atoms with Gasteiger partial charge in [0.05, 0.1) is 36.3 Å². The highest BCUT2D eigenvalue weighted by molar-refractivity contribution is 6.30. The van der Waals surface area contributed by atoms with Crippen molar-refractivity contribution in [2.24, 2.45) is 0 Å². The van der Waals surface area contributed by atoms with Crippen molar-refractivity contribution in [3.8, 4) is 11.5 Å². The molecule has 0 amide bonds. The van der Waals surface area contributed by atoms with Gasteiger partial charge in [-0.2, -0.15) is 0 Å². The molecular weight excluding hydrogens is 406 g/mol. The number of ether oxygens (including phenoxy) is 2. The number of fused-ring (bicyclic) bond motifs is 4. The molecule has 7 nitrogen and oxygen atoms in total. The van der Waals surface area contributed by atoms with Crippen molar-refractivity contribution in [1.29, 1.82) is 0 Å². The van der Waals surface area contributed by atoms with Gasteiger partial charge >= 0.3 is 0 Å². The van der Waals surface area contributed by atoms with E-state index in [1.807, 2.05) is 0 Å². The molecule has 0 N–H and O–H groups in total.